The number of pyridine rings is 1. The summed E-state index contributed by atoms with van der Waals surface area (Å²) in [4.78, 5) is 7.74. The van der Waals surface area contributed by atoms with E-state index in [9.17, 15) is 34.9 Å². The molecule has 0 spiro atoms. The van der Waals surface area contributed by atoms with Gasteiger partial charge in [-0.15, -0.1) is 13.2 Å². The lowest BCUT2D eigenvalue weighted by molar-refractivity contribution is -0.274. The Morgan fingerprint density at radius 2 is 1.70 bits per heavy atom. The van der Waals surface area contributed by atoms with Crippen LogP contribution in [0.15, 0.2) is 64.8 Å². The number of alkyl halides is 5. The maximum Gasteiger partial charge on any atom is 0.573 e. The van der Waals surface area contributed by atoms with Crippen LogP contribution < -0.4 is 18.9 Å². The van der Waals surface area contributed by atoms with Gasteiger partial charge in [-0.2, -0.15) is 17.7 Å². The lowest BCUT2D eigenvalue weighted by Gasteiger charge is -2.15. The molecule has 0 saturated carbocycles. The normalized spacial score (nSPS) is 12.9. The van der Waals surface area contributed by atoms with Gasteiger partial charge in [0.1, 0.15) is 17.2 Å². The molecule has 2 heterocycles. The van der Waals surface area contributed by atoms with Crippen molar-refractivity contribution in [2.24, 2.45) is 0 Å². The van der Waals surface area contributed by atoms with Crippen LogP contribution in [0.2, 0.25) is 0 Å². The highest BCUT2D eigenvalue weighted by atomic mass is 32.2. The Labute approximate surface area is 226 Å². The van der Waals surface area contributed by atoms with E-state index in [0.717, 1.165) is 36.4 Å². The molecular weight excluding hydrogens is 589 g/mol. The highest BCUT2D eigenvalue weighted by Crippen LogP contribution is 2.34. The molecule has 4 rings (SSSR count). The van der Waals surface area contributed by atoms with Gasteiger partial charge in [0.2, 0.25) is 0 Å². The van der Waals surface area contributed by atoms with E-state index in [1.54, 1.807) is 0 Å². The number of ether oxygens (including phenoxy) is 4. The Balaban J connectivity index is 1.85. The van der Waals surface area contributed by atoms with E-state index in [-0.39, 0.29) is 28.2 Å². The summed E-state index contributed by atoms with van der Waals surface area (Å²) in [5, 5.41) is -0.522. The van der Waals surface area contributed by atoms with E-state index < -0.39 is 61.5 Å². The second kappa shape index (κ2) is 11.3. The number of nitrogens with zero attached hydrogens (tertiary/aromatic N) is 3. The molecule has 0 saturated heterocycles. The average Bonchev–Trinajstić information content (AvgIpc) is 3.27. The molecule has 0 aliphatic carbocycles. The third-order valence-corrected chi connectivity index (χ3v) is 8.26. The van der Waals surface area contributed by atoms with E-state index in [0.29, 0.717) is 3.97 Å². The number of halogens is 5. The smallest absolute Gasteiger partial charge is 0.573 e. The minimum Gasteiger partial charge on any atom is -0.609 e. The molecule has 10 nitrogen and oxygen atoms in total. The monoisotopic (exact) mass is 607 g/mol. The Bertz CT molecular complexity index is 1610. The van der Waals surface area contributed by atoms with Crippen molar-refractivity contribution in [1.82, 2.24) is 13.9 Å². The van der Waals surface area contributed by atoms with Gasteiger partial charge < -0.3 is 23.5 Å². The zero-order valence-corrected chi connectivity index (χ0v) is 22.0. The molecule has 2 aromatic carbocycles. The lowest BCUT2D eigenvalue weighted by Crippen LogP contribution is -2.21. The van der Waals surface area contributed by atoms with Crippen molar-refractivity contribution in [1.29, 1.82) is 0 Å². The van der Waals surface area contributed by atoms with Crippen molar-refractivity contribution < 1.29 is 53.9 Å². The first kappa shape index (κ1) is 29.2. The molecule has 1 atom stereocenters. The molecule has 17 heteroatoms. The van der Waals surface area contributed by atoms with Crippen LogP contribution in [0.3, 0.4) is 0 Å². The Kier molecular flexibility index (Phi) is 8.27. The van der Waals surface area contributed by atoms with Gasteiger partial charge in [-0.05, 0) is 36.4 Å². The van der Waals surface area contributed by atoms with Gasteiger partial charge in [0.25, 0.3) is 10.0 Å². The fourth-order valence-corrected chi connectivity index (χ4v) is 6.58. The SMILES string of the molecule is COc1ccnc(C[S+]([O-])c2nc3ccc(OC(F)F)cc3n2S(=O)(=O)c2ccc(OC(F)(F)F)cc2)c1OC. The number of hydrogen-bond acceptors (Lipinski definition) is 9. The molecule has 0 fully saturated rings. The van der Waals surface area contributed by atoms with Crippen molar-refractivity contribution in [2.75, 3.05) is 14.2 Å². The second-order valence-electron chi connectivity index (χ2n) is 7.70. The van der Waals surface area contributed by atoms with Gasteiger partial charge in [-0.1, -0.05) is 0 Å². The maximum absolute atomic E-state index is 13.7. The van der Waals surface area contributed by atoms with Crippen LogP contribution in [0, 0.1) is 0 Å². The number of rotatable bonds is 10. The third-order valence-electron chi connectivity index (χ3n) is 5.21. The highest BCUT2D eigenvalue weighted by molar-refractivity contribution is 7.93. The highest BCUT2D eigenvalue weighted by Gasteiger charge is 2.34. The Morgan fingerprint density at radius 1 is 1.02 bits per heavy atom. The summed E-state index contributed by atoms with van der Waals surface area (Å²) in [6.07, 6.45) is -3.66. The summed E-state index contributed by atoms with van der Waals surface area (Å²) in [5.74, 6) is -1.11. The van der Waals surface area contributed by atoms with Crippen LogP contribution in [-0.4, -0.2) is 54.1 Å². The van der Waals surface area contributed by atoms with E-state index in [4.69, 9.17) is 9.47 Å². The molecule has 0 aliphatic heterocycles. The van der Waals surface area contributed by atoms with Crippen molar-refractivity contribution in [3.63, 3.8) is 0 Å². The van der Waals surface area contributed by atoms with Crippen LogP contribution in [0.1, 0.15) is 5.69 Å². The number of methoxy groups -OCH3 is 2. The quantitative estimate of drug-likeness (QED) is 0.189. The molecule has 214 valence electrons. The average molecular weight is 608 g/mol. The number of imidazole rings is 1. The summed E-state index contributed by atoms with van der Waals surface area (Å²) in [6, 6.07) is 7.95. The predicted molar refractivity (Wildman–Crippen MR) is 130 cm³/mol. The summed E-state index contributed by atoms with van der Waals surface area (Å²) in [6.45, 7) is -3.23. The van der Waals surface area contributed by atoms with Gasteiger partial charge >= 0.3 is 18.1 Å². The molecule has 1 unspecified atom stereocenters. The Morgan fingerprint density at radius 3 is 2.30 bits per heavy atom. The fraction of sp³-hybridized carbons (Fsp3) is 0.217. The summed E-state index contributed by atoms with van der Waals surface area (Å²) >= 11 is -2.24. The van der Waals surface area contributed by atoms with E-state index in [2.05, 4.69) is 19.4 Å². The summed E-state index contributed by atoms with van der Waals surface area (Å²) in [7, 11) is -2.03. The number of aromatic nitrogens is 3. The van der Waals surface area contributed by atoms with Gasteiger partial charge in [-0.3, -0.25) is 4.98 Å². The van der Waals surface area contributed by atoms with Crippen LogP contribution >= 0.6 is 0 Å². The van der Waals surface area contributed by atoms with Gasteiger partial charge in [-0.25, -0.2) is 8.42 Å². The predicted octanol–water partition coefficient (Wildman–Crippen LogP) is 4.49. The van der Waals surface area contributed by atoms with Crippen LogP contribution in [0.5, 0.6) is 23.0 Å². The molecule has 2 aromatic heterocycles. The maximum atomic E-state index is 13.7. The third kappa shape index (κ3) is 6.15. The summed E-state index contributed by atoms with van der Waals surface area (Å²) < 4.78 is 124. The zero-order chi connectivity index (χ0) is 29.2. The fourth-order valence-electron chi connectivity index (χ4n) is 3.62. The number of benzene rings is 2. The molecule has 0 bridgehead atoms. The van der Waals surface area contributed by atoms with Crippen LogP contribution in [0.25, 0.3) is 11.0 Å². The molecule has 40 heavy (non-hydrogen) atoms. The Hall–Kier alpha value is -3.83. The first-order valence-electron chi connectivity index (χ1n) is 10.9. The zero-order valence-electron chi connectivity index (χ0n) is 20.4. The lowest BCUT2D eigenvalue weighted by atomic mass is 10.3. The molecule has 4 aromatic rings. The van der Waals surface area contributed by atoms with Gasteiger partial charge in [0.05, 0.1) is 30.1 Å². The van der Waals surface area contributed by atoms with Crippen molar-refractivity contribution in [3.8, 4) is 23.0 Å². The van der Waals surface area contributed by atoms with E-state index in [1.165, 1.54) is 32.5 Å². The van der Waals surface area contributed by atoms with Crippen molar-refractivity contribution in [3.05, 3.63) is 60.4 Å². The minimum absolute atomic E-state index is 0.0452. The number of hydrogen-bond donors (Lipinski definition) is 0. The summed E-state index contributed by atoms with van der Waals surface area (Å²) in [5.41, 5.74) is -0.189. The molecule has 0 aliphatic rings. The topological polar surface area (TPSA) is 125 Å². The van der Waals surface area contributed by atoms with E-state index in [1.807, 2.05) is 0 Å². The molecule has 0 radical (unpaired) electrons. The molecule has 0 amide bonds. The largest absolute Gasteiger partial charge is 0.609 e. The molecular formula is C23H18F5N3O7S2. The second-order valence-corrected chi connectivity index (χ2v) is 10.8. The van der Waals surface area contributed by atoms with Gasteiger partial charge in [0, 0.05) is 29.5 Å². The van der Waals surface area contributed by atoms with Crippen molar-refractivity contribution in [2.45, 2.75) is 28.8 Å². The first-order chi connectivity index (χ1) is 18.8. The van der Waals surface area contributed by atoms with E-state index >= 15 is 0 Å². The minimum atomic E-state index is -5.01. The van der Waals surface area contributed by atoms with Gasteiger partial charge in [0.15, 0.2) is 17.3 Å². The molecule has 0 N–H and O–H groups in total. The first-order valence-corrected chi connectivity index (χ1v) is 13.6. The van der Waals surface area contributed by atoms with Crippen LogP contribution in [-0.2, 0) is 27.0 Å². The number of fused-ring (bicyclic) bond motifs is 1. The van der Waals surface area contributed by atoms with Crippen LogP contribution in [0.4, 0.5) is 22.0 Å². The standard InChI is InChI=1S/C23H18F5N3O7S2/c1-35-19-9-10-29-17(20(19)36-2)12-39(32)22-30-16-8-5-14(37-21(24)25)11-18(16)31(22)40(33,34)15-6-3-13(4-7-15)38-23(26,27)28/h3-11,21H,12H2,1-2H3. The van der Waals surface area contributed by atoms with Crippen molar-refractivity contribution >= 4 is 32.2 Å².